The molecule has 2 saturated heterocycles. The highest BCUT2D eigenvalue weighted by molar-refractivity contribution is 4.95. The van der Waals surface area contributed by atoms with Gasteiger partial charge in [-0.15, -0.1) is 0 Å². The Morgan fingerprint density at radius 2 is 2.19 bits per heavy atom. The molecule has 0 amide bonds. The lowest BCUT2D eigenvalue weighted by Crippen LogP contribution is -2.40. The van der Waals surface area contributed by atoms with Crippen LogP contribution in [-0.2, 0) is 4.74 Å². The molecule has 2 unspecified atom stereocenters. The highest BCUT2D eigenvalue weighted by Gasteiger charge is 2.36. The van der Waals surface area contributed by atoms with E-state index in [2.05, 4.69) is 17.1 Å². The van der Waals surface area contributed by atoms with Crippen molar-refractivity contribution in [3.63, 3.8) is 0 Å². The standard InChI is InChI=1S/C13H26N2O/c1-2-3-10-16-11-7-14-12-6-9-15-8-4-5-13(12)15/h12-14H,2-11H2,1H3. The molecule has 0 aromatic rings. The molecule has 0 aromatic carbocycles. The van der Waals surface area contributed by atoms with Crippen LogP contribution in [-0.4, -0.2) is 49.8 Å². The molecule has 0 radical (unpaired) electrons. The number of hydrogen-bond donors (Lipinski definition) is 1. The molecule has 2 rings (SSSR count). The van der Waals surface area contributed by atoms with Gasteiger partial charge in [0.25, 0.3) is 0 Å². The van der Waals surface area contributed by atoms with Crippen molar-refractivity contribution < 1.29 is 4.74 Å². The van der Waals surface area contributed by atoms with Crippen LogP contribution in [0.2, 0.25) is 0 Å². The molecule has 2 aliphatic heterocycles. The molecule has 0 spiro atoms. The maximum absolute atomic E-state index is 5.57. The van der Waals surface area contributed by atoms with Gasteiger partial charge in [-0.2, -0.15) is 0 Å². The molecule has 2 fully saturated rings. The van der Waals surface area contributed by atoms with Gasteiger partial charge in [0, 0.05) is 31.8 Å². The van der Waals surface area contributed by atoms with Gasteiger partial charge in [-0.05, 0) is 32.2 Å². The van der Waals surface area contributed by atoms with E-state index in [-0.39, 0.29) is 0 Å². The molecule has 1 N–H and O–H groups in total. The molecule has 94 valence electrons. The van der Waals surface area contributed by atoms with Crippen LogP contribution in [0.3, 0.4) is 0 Å². The first kappa shape index (κ1) is 12.3. The van der Waals surface area contributed by atoms with Gasteiger partial charge in [-0.25, -0.2) is 0 Å². The predicted molar refractivity (Wildman–Crippen MR) is 66.7 cm³/mol. The number of rotatable bonds is 7. The van der Waals surface area contributed by atoms with Crippen molar-refractivity contribution in [1.82, 2.24) is 10.2 Å². The molecule has 2 atom stereocenters. The lowest BCUT2D eigenvalue weighted by Gasteiger charge is -2.21. The van der Waals surface area contributed by atoms with Crippen LogP contribution < -0.4 is 5.32 Å². The maximum atomic E-state index is 5.57. The smallest absolute Gasteiger partial charge is 0.0591 e. The summed E-state index contributed by atoms with van der Waals surface area (Å²) in [5.41, 5.74) is 0. The molecule has 0 aliphatic carbocycles. The molecule has 2 heterocycles. The Morgan fingerprint density at radius 1 is 1.25 bits per heavy atom. The summed E-state index contributed by atoms with van der Waals surface area (Å²) in [4.78, 5) is 2.65. The SMILES string of the molecule is CCCCOCCNC1CCN2CCCC12. The van der Waals surface area contributed by atoms with Gasteiger partial charge in [0.1, 0.15) is 0 Å². The quantitative estimate of drug-likeness (QED) is 0.668. The number of unbranched alkanes of at least 4 members (excludes halogenated alkanes) is 1. The lowest BCUT2D eigenvalue weighted by atomic mass is 10.1. The Kier molecular flexibility index (Phi) is 5.07. The largest absolute Gasteiger partial charge is 0.380 e. The summed E-state index contributed by atoms with van der Waals surface area (Å²) in [6, 6.07) is 1.56. The second kappa shape index (κ2) is 6.58. The van der Waals surface area contributed by atoms with Crippen LogP contribution in [0.15, 0.2) is 0 Å². The van der Waals surface area contributed by atoms with E-state index in [4.69, 9.17) is 4.74 Å². The van der Waals surface area contributed by atoms with Crippen LogP contribution in [0, 0.1) is 0 Å². The van der Waals surface area contributed by atoms with E-state index in [0.29, 0.717) is 0 Å². The van der Waals surface area contributed by atoms with Gasteiger partial charge in [0.15, 0.2) is 0 Å². The number of nitrogens with one attached hydrogen (secondary N) is 1. The van der Waals surface area contributed by atoms with Crippen LogP contribution in [0.5, 0.6) is 0 Å². The van der Waals surface area contributed by atoms with E-state index in [1.54, 1.807) is 0 Å². The minimum Gasteiger partial charge on any atom is -0.380 e. The molecule has 16 heavy (non-hydrogen) atoms. The summed E-state index contributed by atoms with van der Waals surface area (Å²) >= 11 is 0. The van der Waals surface area contributed by atoms with Crippen molar-refractivity contribution in [3.05, 3.63) is 0 Å². The molecular formula is C13H26N2O. The fraction of sp³-hybridized carbons (Fsp3) is 1.00. The Labute approximate surface area is 99.5 Å². The zero-order valence-corrected chi connectivity index (χ0v) is 10.6. The molecule has 0 saturated carbocycles. The van der Waals surface area contributed by atoms with Gasteiger partial charge in [0.05, 0.1) is 6.61 Å². The first-order valence-electron chi connectivity index (χ1n) is 6.97. The van der Waals surface area contributed by atoms with Gasteiger partial charge in [-0.1, -0.05) is 13.3 Å². The summed E-state index contributed by atoms with van der Waals surface area (Å²) in [7, 11) is 0. The van der Waals surface area contributed by atoms with E-state index in [9.17, 15) is 0 Å². The van der Waals surface area contributed by atoms with Crippen molar-refractivity contribution in [2.45, 2.75) is 51.1 Å². The van der Waals surface area contributed by atoms with Gasteiger partial charge < -0.3 is 10.1 Å². The van der Waals surface area contributed by atoms with Crippen molar-refractivity contribution in [2.75, 3.05) is 32.8 Å². The third-order valence-corrected chi connectivity index (χ3v) is 3.90. The van der Waals surface area contributed by atoms with Crippen molar-refractivity contribution in [3.8, 4) is 0 Å². The minimum absolute atomic E-state index is 0.734. The zero-order chi connectivity index (χ0) is 11.2. The lowest BCUT2D eigenvalue weighted by molar-refractivity contribution is 0.129. The summed E-state index contributed by atoms with van der Waals surface area (Å²) in [5, 5.41) is 3.66. The molecule has 0 bridgehead atoms. The maximum Gasteiger partial charge on any atom is 0.0591 e. The highest BCUT2D eigenvalue weighted by Crippen LogP contribution is 2.27. The fourth-order valence-electron chi connectivity index (χ4n) is 2.99. The van der Waals surface area contributed by atoms with Gasteiger partial charge in [-0.3, -0.25) is 4.90 Å². The minimum atomic E-state index is 0.734. The Morgan fingerprint density at radius 3 is 3.06 bits per heavy atom. The number of hydrogen-bond acceptors (Lipinski definition) is 3. The number of fused-ring (bicyclic) bond motifs is 1. The molecular weight excluding hydrogens is 200 g/mol. The summed E-state index contributed by atoms with van der Waals surface area (Å²) in [6.45, 7) is 7.67. The summed E-state index contributed by atoms with van der Waals surface area (Å²) in [6.07, 6.45) is 6.55. The molecule has 2 aliphatic rings. The van der Waals surface area contributed by atoms with Crippen LogP contribution in [0.4, 0.5) is 0 Å². The third kappa shape index (κ3) is 3.19. The second-order valence-electron chi connectivity index (χ2n) is 5.06. The topological polar surface area (TPSA) is 24.5 Å². The van der Waals surface area contributed by atoms with Crippen molar-refractivity contribution in [1.29, 1.82) is 0 Å². The average molecular weight is 226 g/mol. The Bertz CT molecular complexity index is 198. The van der Waals surface area contributed by atoms with E-state index < -0.39 is 0 Å². The van der Waals surface area contributed by atoms with Gasteiger partial charge in [0.2, 0.25) is 0 Å². The molecule has 3 heteroatoms. The van der Waals surface area contributed by atoms with Crippen molar-refractivity contribution in [2.24, 2.45) is 0 Å². The number of ether oxygens (including phenoxy) is 1. The van der Waals surface area contributed by atoms with Crippen LogP contribution in [0.25, 0.3) is 0 Å². The Balaban J connectivity index is 1.53. The first-order chi connectivity index (χ1) is 7.92. The van der Waals surface area contributed by atoms with Crippen LogP contribution in [0.1, 0.15) is 39.0 Å². The van der Waals surface area contributed by atoms with Crippen molar-refractivity contribution >= 4 is 0 Å². The highest BCUT2D eigenvalue weighted by atomic mass is 16.5. The third-order valence-electron chi connectivity index (χ3n) is 3.90. The second-order valence-corrected chi connectivity index (χ2v) is 5.06. The predicted octanol–water partition coefficient (Wildman–Crippen LogP) is 1.63. The van der Waals surface area contributed by atoms with E-state index >= 15 is 0 Å². The van der Waals surface area contributed by atoms with Crippen LogP contribution >= 0.6 is 0 Å². The summed E-state index contributed by atoms with van der Waals surface area (Å²) < 4.78 is 5.57. The Hall–Kier alpha value is -0.120. The monoisotopic (exact) mass is 226 g/mol. The number of nitrogens with zero attached hydrogens (tertiary/aromatic N) is 1. The normalized spacial score (nSPS) is 29.8. The fourth-order valence-corrected chi connectivity index (χ4v) is 2.99. The first-order valence-corrected chi connectivity index (χ1v) is 6.97. The molecule has 0 aromatic heterocycles. The average Bonchev–Trinajstić information content (AvgIpc) is 2.87. The summed E-state index contributed by atoms with van der Waals surface area (Å²) in [5.74, 6) is 0. The van der Waals surface area contributed by atoms with Gasteiger partial charge >= 0.3 is 0 Å². The zero-order valence-electron chi connectivity index (χ0n) is 10.6. The van der Waals surface area contributed by atoms with E-state index in [1.165, 1.54) is 45.2 Å². The van der Waals surface area contributed by atoms with E-state index in [1.807, 2.05) is 0 Å². The molecule has 3 nitrogen and oxygen atoms in total. The van der Waals surface area contributed by atoms with E-state index in [0.717, 1.165) is 31.8 Å².